The van der Waals surface area contributed by atoms with Crippen molar-refractivity contribution in [2.24, 2.45) is 0 Å². The molecule has 7 nitrogen and oxygen atoms in total. The summed E-state index contributed by atoms with van der Waals surface area (Å²) >= 11 is 0. The molecule has 0 aliphatic heterocycles. The lowest BCUT2D eigenvalue weighted by Gasteiger charge is -2.38. The van der Waals surface area contributed by atoms with Gasteiger partial charge in [0.05, 0.1) is 24.0 Å². The maximum Gasteiger partial charge on any atom is 0.306 e. The standard InChI is InChI=1S/C12H22O7/c1-11(3-5-13,7-9(15)16)19-12(2,4-6-14)8-10(17)18/h13-14H,3-8H2,1-2H3,(H,15,16)(H,17,18)/t11-,12-/m1/s1. The monoisotopic (exact) mass is 278 g/mol. The van der Waals surface area contributed by atoms with Crippen molar-refractivity contribution in [1.82, 2.24) is 0 Å². The van der Waals surface area contributed by atoms with E-state index in [2.05, 4.69) is 0 Å². The van der Waals surface area contributed by atoms with Gasteiger partial charge in [0.25, 0.3) is 0 Å². The van der Waals surface area contributed by atoms with Crippen molar-refractivity contribution in [2.75, 3.05) is 13.2 Å². The molecular formula is C12H22O7. The third-order valence-electron chi connectivity index (χ3n) is 2.82. The third kappa shape index (κ3) is 7.09. The summed E-state index contributed by atoms with van der Waals surface area (Å²) in [5.74, 6) is -2.20. The molecule has 0 heterocycles. The zero-order valence-corrected chi connectivity index (χ0v) is 11.3. The van der Waals surface area contributed by atoms with Crippen molar-refractivity contribution < 1.29 is 34.8 Å². The highest BCUT2D eigenvalue weighted by atomic mass is 16.5. The summed E-state index contributed by atoms with van der Waals surface area (Å²) in [4.78, 5) is 21.7. The van der Waals surface area contributed by atoms with Crippen LogP contribution in [0.1, 0.15) is 39.5 Å². The van der Waals surface area contributed by atoms with E-state index in [1.807, 2.05) is 0 Å². The van der Waals surface area contributed by atoms with E-state index in [9.17, 15) is 9.59 Å². The van der Waals surface area contributed by atoms with E-state index in [0.29, 0.717) is 0 Å². The summed E-state index contributed by atoms with van der Waals surface area (Å²) in [7, 11) is 0. The quantitative estimate of drug-likeness (QED) is 0.451. The minimum Gasteiger partial charge on any atom is -0.481 e. The molecule has 0 aromatic carbocycles. The molecule has 0 spiro atoms. The van der Waals surface area contributed by atoms with Crippen molar-refractivity contribution in [3.8, 4) is 0 Å². The van der Waals surface area contributed by atoms with E-state index >= 15 is 0 Å². The van der Waals surface area contributed by atoms with E-state index in [1.165, 1.54) is 13.8 Å². The molecular weight excluding hydrogens is 256 g/mol. The number of hydrogen-bond acceptors (Lipinski definition) is 5. The number of carbonyl (C=O) groups is 2. The highest BCUT2D eigenvalue weighted by Crippen LogP contribution is 2.31. The van der Waals surface area contributed by atoms with Gasteiger partial charge in [-0.25, -0.2) is 0 Å². The first-order chi connectivity index (χ1) is 8.66. The number of rotatable bonds is 10. The molecule has 0 aliphatic rings. The van der Waals surface area contributed by atoms with Gasteiger partial charge in [-0.2, -0.15) is 0 Å². The second-order valence-electron chi connectivity index (χ2n) is 5.09. The van der Waals surface area contributed by atoms with Crippen molar-refractivity contribution >= 4 is 11.9 Å². The normalized spacial score (nSPS) is 17.5. The van der Waals surface area contributed by atoms with Gasteiger partial charge in [0, 0.05) is 13.2 Å². The second kappa shape index (κ2) is 7.42. The Kier molecular flexibility index (Phi) is 6.96. The topological polar surface area (TPSA) is 124 Å². The lowest BCUT2D eigenvalue weighted by Crippen LogP contribution is -2.44. The Morgan fingerprint density at radius 3 is 1.42 bits per heavy atom. The smallest absolute Gasteiger partial charge is 0.306 e. The number of aliphatic hydroxyl groups is 2. The SMILES string of the molecule is C[C@@](CCO)(CC(=O)O)O[C@](C)(CCO)CC(=O)O. The lowest BCUT2D eigenvalue weighted by atomic mass is 9.92. The summed E-state index contributed by atoms with van der Waals surface area (Å²) in [6.07, 6.45) is -0.567. The van der Waals surface area contributed by atoms with E-state index < -0.39 is 23.1 Å². The fourth-order valence-corrected chi connectivity index (χ4v) is 2.06. The number of carboxylic acids is 2. The first kappa shape index (κ1) is 17.8. The maximum absolute atomic E-state index is 10.8. The molecule has 112 valence electrons. The summed E-state index contributed by atoms with van der Waals surface area (Å²) in [6.45, 7) is 2.47. The molecule has 0 fully saturated rings. The van der Waals surface area contributed by atoms with Gasteiger partial charge in [0.2, 0.25) is 0 Å². The van der Waals surface area contributed by atoms with Crippen LogP contribution in [0.25, 0.3) is 0 Å². The number of carboxylic acid groups (broad SMARTS) is 2. The van der Waals surface area contributed by atoms with Crippen molar-refractivity contribution in [3.63, 3.8) is 0 Å². The largest absolute Gasteiger partial charge is 0.481 e. The minimum absolute atomic E-state index is 0.0694. The molecule has 19 heavy (non-hydrogen) atoms. The molecule has 0 bridgehead atoms. The van der Waals surface area contributed by atoms with Crippen LogP contribution in [-0.4, -0.2) is 56.8 Å². The highest BCUT2D eigenvalue weighted by molar-refractivity contribution is 5.69. The highest BCUT2D eigenvalue weighted by Gasteiger charge is 2.38. The number of hydrogen-bond donors (Lipinski definition) is 4. The Hall–Kier alpha value is -1.18. The summed E-state index contributed by atoms with van der Waals surface area (Å²) in [6, 6.07) is 0. The number of aliphatic carboxylic acids is 2. The van der Waals surface area contributed by atoms with Crippen LogP contribution in [0.5, 0.6) is 0 Å². The third-order valence-corrected chi connectivity index (χ3v) is 2.82. The minimum atomic E-state index is -1.18. The van der Waals surface area contributed by atoms with Crippen molar-refractivity contribution in [3.05, 3.63) is 0 Å². The van der Waals surface area contributed by atoms with Crippen molar-refractivity contribution in [2.45, 2.75) is 50.7 Å². The van der Waals surface area contributed by atoms with Gasteiger partial charge in [0.15, 0.2) is 0 Å². The van der Waals surface area contributed by atoms with E-state index in [0.717, 1.165) is 0 Å². The molecule has 0 amide bonds. The fourth-order valence-electron chi connectivity index (χ4n) is 2.06. The van der Waals surface area contributed by atoms with Crippen LogP contribution >= 0.6 is 0 Å². The van der Waals surface area contributed by atoms with Crippen LogP contribution in [0.3, 0.4) is 0 Å². The molecule has 0 unspecified atom stereocenters. The average molecular weight is 278 g/mol. The molecule has 0 aliphatic carbocycles. The van der Waals surface area contributed by atoms with Crippen LogP contribution < -0.4 is 0 Å². The van der Waals surface area contributed by atoms with Gasteiger partial charge in [0.1, 0.15) is 0 Å². The molecule has 0 rings (SSSR count). The zero-order chi connectivity index (χ0) is 15.1. The predicted molar refractivity (Wildman–Crippen MR) is 65.8 cm³/mol. The molecule has 0 radical (unpaired) electrons. The van der Waals surface area contributed by atoms with E-state index in [-0.39, 0.29) is 38.9 Å². The molecule has 7 heteroatoms. The summed E-state index contributed by atoms with van der Waals surface area (Å²) < 4.78 is 5.65. The first-order valence-corrected chi connectivity index (χ1v) is 6.02. The van der Waals surface area contributed by atoms with Crippen LogP contribution in [0.2, 0.25) is 0 Å². The Balaban J connectivity index is 5.01. The van der Waals surface area contributed by atoms with Gasteiger partial charge in [-0.05, 0) is 26.7 Å². The summed E-state index contributed by atoms with van der Waals surface area (Å²) in [5, 5.41) is 35.7. The van der Waals surface area contributed by atoms with Gasteiger partial charge in [-0.15, -0.1) is 0 Å². The summed E-state index contributed by atoms with van der Waals surface area (Å²) in [5.41, 5.74) is -2.36. The molecule has 0 aromatic heterocycles. The van der Waals surface area contributed by atoms with Crippen LogP contribution in [0.15, 0.2) is 0 Å². The van der Waals surface area contributed by atoms with E-state index in [1.54, 1.807) is 0 Å². The Bertz CT molecular complexity index is 287. The van der Waals surface area contributed by atoms with Crippen LogP contribution in [0, 0.1) is 0 Å². The predicted octanol–water partition coefficient (Wildman–Crippen LogP) is 0.235. The molecule has 0 saturated carbocycles. The zero-order valence-electron chi connectivity index (χ0n) is 11.3. The van der Waals surface area contributed by atoms with Crippen LogP contribution in [-0.2, 0) is 14.3 Å². The van der Waals surface area contributed by atoms with Crippen molar-refractivity contribution in [1.29, 1.82) is 0 Å². The average Bonchev–Trinajstić information content (AvgIpc) is 2.12. The van der Waals surface area contributed by atoms with E-state index in [4.69, 9.17) is 25.2 Å². The Morgan fingerprint density at radius 2 is 1.21 bits per heavy atom. The first-order valence-electron chi connectivity index (χ1n) is 6.02. The lowest BCUT2D eigenvalue weighted by molar-refractivity contribution is -0.179. The molecule has 4 N–H and O–H groups in total. The van der Waals surface area contributed by atoms with Gasteiger partial charge in [-0.1, -0.05) is 0 Å². The Labute approximate surface area is 111 Å². The molecule has 0 aromatic rings. The fraction of sp³-hybridized carbons (Fsp3) is 0.833. The maximum atomic E-state index is 10.8. The van der Waals surface area contributed by atoms with Gasteiger partial charge >= 0.3 is 11.9 Å². The number of ether oxygens (including phenoxy) is 1. The molecule has 2 atom stereocenters. The van der Waals surface area contributed by atoms with Gasteiger partial charge in [-0.3, -0.25) is 9.59 Å². The van der Waals surface area contributed by atoms with Gasteiger partial charge < -0.3 is 25.2 Å². The molecule has 0 saturated heterocycles. The van der Waals surface area contributed by atoms with Crippen LogP contribution in [0.4, 0.5) is 0 Å². The second-order valence-corrected chi connectivity index (χ2v) is 5.09. The Morgan fingerprint density at radius 1 is 0.895 bits per heavy atom. The number of aliphatic hydroxyl groups excluding tert-OH is 2.